The molecule has 0 fully saturated rings. The van der Waals surface area contributed by atoms with E-state index in [1.165, 1.54) is 12.1 Å². The lowest BCUT2D eigenvalue weighted by Crippen LogP contribution is -2.10. The lowest BCUT2D eigenvalue weighted by atomic mass is 10.2. The van der Waals surface area contributed by atoms with Gasteiger partial charge in [0, 0.05) is 5.56 Å². The SMILES string of the molecule is CCOC(=O)c1c(C)oc2nc(COC(=O)c3sc(-c4ccc(F)cc4)nc3C)nc(N)c12. The molecule has 0 atom stereocenters. The van der Waals surface area contributed by atoms with Gasteiger partial charge in [-0.25, -0.2) is 23.9 Å². The Bertz CT molecular complexity index is 1360. The average molecular weight is 470 g/mol. The average Bonchev–Trinajstić information content (AvgIpc) is 3.32. The zero-order valence-electron chi connectivity index (χ0n) is 18.0. The standard InChI is InChI=1S/C22H19FN4O5S/c1-4-30-21(28)15-11(3)32-19-16(15)18(24)26-14(27-19)9-31-22(29)17-10(2)25-20(33-17)12-5-7-13(23)8-6-12/h5-8H,4,9H2,1-3H3,(H2,24,26,27). The maximum Gasteiger partial charge on any atom is 0.350 e. The number of halogens is 1. The van der Waals surface area contributed by atoms with E-state index in [9.17, 15) is 14.0 Å². The molecule has 9 nitrogen and oxygen atoms in total. The number of nitrogens with zero attached hydrogens (tertiary/aromatic N) is 3. The van der Waals surface area contributed by atoms with Gasteiger partial charge in [0.05, 0.1) is 17.7 Å². The first kappa shape index (κ1) is 22.3. The van der Waals surface area contributed by atoms with E-state index in [-0.39, 0.29) is 47.3 Å². The minimum Gasteiger partial charge on any atom is -0.462 e. The molecule has 4 rings (SSSR count). The lowest BCUT2D eigenvalue weighted by molar-refractivity contribution is 0.0466. The molecule has 0 aliphatic heterocycles. The van der Waals surface area contributed by atoms with Crippen LogP contribution in [0.2, 0.25) is 0 Å². The van der Waals surface area contributed by atoms with Gasteiger partial charge in [-0.15, -0.1) is 11.3 Å². The first-order chi connectivity index (χ1) is 15.8. The van der Waals surface area contributed by atoms with Gasteiger partial charge >= 0.3 is 11.9 Å². The number of nitrogens with two attached hydrogens (primary N) is 1. The Morgan fingerprint density at radius 1 is 1.09 bits per heavy atom. The van der Waals surface area contributed by atoms with E-state index >= 15 is 0 Å². The van der Waals surface area contributed by atoms with Gasteiger partial charge in [-0.1, -0.05) is 0 Å². The van der Waals surface area contributed by atoms with Crippen LogP contribution in [-0.4, -0.2) is 33.5 Å². The quantitative estimate of drug-likeness (QED) is 0.412. The Kier molecular flexibility index (Phi) is 6.05. The summed E-state index contributed by atoms with van der Waals surface area (Å²) < 4.78 is 29.1. The van der Waals surface area contributed by atoms with E-state index in [2.05, 4.69) is 15.0 Å². The summed E-state index contributed by atoms with van der Waals surface area (Å²) in [5.74, 6) is -1.13. The summed E-state index contributed by atoms with van der Waals surface area (Å²) in [6.07, 6.45) is 0. The smallest absolute Gasteiger partial charge is 0.350 e. The van der Waals surface area contributed by atoms with Crippen LogP contribution >= 0.6 is 11.3 Å². The number of hydrogen-bond acceptors (Lipinski definition) is 10. The molecule has 2 N–H and O–H groups in total. The highest BCUT2D eigenvalue weighted by atomic mass is 32.1. The molecule has 170 valence electrons. The van der Waals surface area contributed by atoms with Crippen molar-refractivity contribution in [3.8, 4) is 10.6 Å². The van der Waals surface area contributed by atoms with Crippen LogP contribution in [0, 0.1) is 19.7 Å². The Balaban J connectivity index is 1.53. The van der Waals surface area contributed by atoms with Crippen molar-refractivity contribution in [1.29, 1.82) is 0 Å². The van der Waals surface area contributed by atoms with Gasteiger partial charge in [0.1, 0.15) is 32.8 Å². The highest BCUT2D eigenvalue weighted by Crippen LogP contribution is 2.30. The summed E-state index contributed by atoms with van der Waals surface area (Å²) in [6, 6.07) is 5.83. The van der Waals surface area contributed by atoms with Crippen molar-refractivity contribution in [2.24, 2.45) is 0 Å². The zero-order chi connectivity index (χ0) is 23.7. The van der Waals surface area contributed by atoms with Crippen molar-refractivity contribution in [3.63, 3.8) is 0 Å². The molecule has 1 aromatic carbocycles. The van der Waals surface area contributed by atoms with Crippen LogP contribution in [0.4, 0.5) is 10.2 Å². The maximum absolute atomic E-state index is 13.2. The number of ether oxygens (including phenoxy) is 2. The lowest BCUT2D eigenvalue weighted by Gasteiger charge is -2.05. The summed E-state index contributed by atoms with van der Waals surface area (Å²) in [4.78, 5) is 37.9. The van der Waals surface area contributed by atoms with Crippen LogP contribution in [0.5, 0.6) is 0 Å². The number of aryl methyl sites for hydroxylation is 2. The highest BCUT2D eigenvalue weighted by molar-refractivity contribution is 7.17. The number of benzene rings is 1. The van der Waals surface area contributed by atoms with Crippen LogP contribution in [-0.2, 0) is 16.1 Å². The largest absolute Gasteiger partial charge is 0.462 e. The number of anilines is 1. The molecule has 0 spiro atoms. The van der Waals surface area contributed by atoms with E-state index < -0.39 is 11.9 Å². The van der Waals surface area contributed by atoms with Crippen LogP contribution in [0.3, 0.4) is 0 Å². The maximum atomic E-state index is 13.2. The highest BCUT2D eigenvalue weighted by Gasteiger charge is 2.24. The monoisotopic (exact) mass is 470 g/mol. The molecule has 11 heteroatoms. The Morgan fingerprint density at radius 2 is 1.82 bits per heavy atom. The van der Waals surface area contributed by atoms with Crippen molar-refractivity contribution >= 4 is 40.2 Å². The predicted molar refractivity (Wildman–Crippen MR) is 118 cm³/mol. The summed E-state index contributed by atoms with van der Waals surface area (Å²) in [5.41, 5.74) is 7.48. The molecule has 0 aliphatic rings. The summed E-state index contributed by atoms with van der Waals surface area (Å²) in [6.45, 7) is 4.90. The van der Waals surface area contributed by atoms with Crippen molar-refractivity contribution in [2.45, 2.75) is 27.4 Å². The number of aromatic nitrogens is 3. The molecule has 33 heavy (non-hydrogen) atoms. The number of carbonyl (C=O) groups excluding carboxylic acids is 2. The topological polar surface area (TPSA) is 130 Å². The van der Waals surface area contributed by atoms with Gasteiger partial charge in [0.15, 0.2) is 12.4 Å². The van der Waals surface area contributed by atoms with Crippen LogP contribution in [0.1, 0.15) is 44.2 Å². The van der Waals surface area contributed by atoms with E-state index in [4.69, 9.17) is 19.6 Å². The number of esters is 2. The summed E-state index contributed by atoms with van der Waals surface area (Å²) in [7, 11) is 0. The third kappa shape index (κ3) is 4.40. The molecule has 0 aliphatic carbocycles. The van der Waals surface area contributed by atoms with Gasteiger partial charge in [0.2, 0.25) is 5.71 Å². The molecular weight excluding hydrogens is 451 g/mol. The Morgan fingerprint density at radius 3 is 2.52 bits per heavy atom. The van der Waals surface area contributed by atoms with Crippen molar-refractivity contribution < 1.29 is 27.9 Å². The number of rotatable bonds is 6. The molecule has 0 saturated carbocycles. The van der Waals surface area contributed by atoms with Gasteiger partial charge in [-0.05, 0) is 45.0 Å². The molecule has 4 aromatic rings. The minimum atomic E-state index is -0.608. The first-order valence-electron chi connectivity index (χ1n) is 9.91. The van der Waals surface area contributed by atoms with Crippen LogP contribution in [0.25, 0.3) is 21.7 Å². The number of hydrogen-bond donors (Lipinski definition) is 1. The minimum absolute atomic E-state index is 0.0125. The molecular formula is C22H19FN4O5S. The third-order valence-electron chi connectivity index (χ3n) is 4.69. The summed E-state index contributed by atoms with van der Waals surface area (Å²) >= 11 is 1.14. The number of thiazole rings is 1. The fourth-order valence-electron chi connectivity index (χ4n) is 3.19. The normalized spacial score (nSPS) is 11.0. The van der Waals surface area contributed by atoms with E-state index in [1.54, 1.807) is 32.9 Å². The van der Waals surface area contributed by atoms with Gasteiger partial charge in [-0.3, -0.25) is 0 Å². The number of furan rings is 1. The second-order valence-electron chi connectivity index (χ2n) is 6.98. The second-order valence-corrected chi connectivity index (χ2v) is 7.97. The number of nitrogen functional groups attached to an aromatic ring is 1. The summed E-state index contributed by atoms with van der Waals surface area (Å²) in [5, 5.41) is 0.821. The van der Waals surface area contributed by atoms with Gasteiger partial charge in [-0.2, -0.15) is 4.98 Å². The van der Waals surface area contributed by atoms with Crippen LogP contribution in [0.15, 0.2) is 28.7 Å². The first-order valence-corrected chi connectivity index (χ1v) is 10.7. The Labute approximate surface area is 191 Å². The van der Waals surface area contributed by atoms with Crippen molar-refractivity contribution in [1.82, 2.24) is 15.0 Å². The van der Waals surface area contributed by atoms with E-state index in [0.29, 0.717) is 26.9 Å². The van der Waals surface area contributed by atoms with Crippen molar-refractivity contribution in [2.75, 3.05) is 12.3 Å². The second kappa shape index (κ2) is 8.94. The third-order valence-corrected chi connectivity index (χ3v) is 5.87. The van der Waals surface area contributed by atoms with Gasteiger partial charge < -0.3 is 19.6 Å². The fraction of sp³-hybridized carbons (Fsp3) is 0.227. The fourth-order valence-corrected chi connectivity index (χ4v) is 4.16. The zero-order valence-corrected chi connectivity index (χ0v) is 18.8. The number of fused-ring (bicyclic) bond motifs is 1. The molecule has 0 unspecified atom stereocenters. The van der Waals surface area contributed by atoms with E-state index in [0.717, 1.165) is 11.3 Å². The molecule has 0 radical (unpaired) electrons. The number of carbonyl (C=O) groups is 2. The van der Waals surface area contributed by atoms with Gasteiger partial charge in [0.25, 0.3) is 0 Å². The van der Waals surface area contributed by atoms with Crippen molar-refractivity contribution in [3.05, 3.63) is 57.8 Å². The van der Waals surface area contributed by atoms with E-state index in [1.807, 2.05) is 0 Å². The molecule has 0 saturated heterocycles. The molecule has 0 amide bonds. The molecule has 0 bridgehead atoms. The Hall–Kier alpha value is -3.86. The molecule has 3 heterocycles. The van der Waals surface area contributed by atoms with Crippen LogP contribution < -0.4 is 5.73 Å². The molecule has 3 aromatic heterocycles. The predicted octanol–water partition coefficient (Wildman–Crippen LogP) is 4.22.